The number of carboxylic acids is 1. The van der Waals surface area contributed by atoms with Crippen molar-refractivity contribution in [3.8, 4) is 11.1 Å². The minimum absolute atomic E-state index is 0.0794. The molecular formula is C13H10ClNO2. The van der Waals surface area contributed by atoms with Gasteiger partial charge in [0.25, 0.3) is 0 Å². The highest BCUT2D eigenvalue weighted by Gasteiger charge is 2.09. The second-order valence-electron chi connectivity index (χ2n) is 3.70. The summed E-state index contributed by atoms with van der Waals surface area (Å²) in [4.78, 5) is 14.8. The van der Waals surface area contributed by atoms with Crippen molar-refractivity contribution in [1.29, 1.82) is 0 Å². The first kappa shape index (κ1) is 11.6. The summed E-state index contributed by atoms with van der Waals surface area (Å²) in [6, 6.07) is 9.15. The summed E-state index contributed by atoms with van der Waals surface area (Å²) < 4.78 is 0. The van der Waals surface area contributed by atoms with Gasteiger partial charge in [-0.15, -0.1) is 0 Å². The highest BCUT2D eigenvalue weighted by atomic mass is 35.5. The molecule has 0 aliphatic heterocycles. The van der Waals surface area contributed by atoms with Crippen LogP contribution in [0, 0.1) is 6.92 Å². The standard InChI is InChI=1S/C13H10ClNO2/c1-8-5-10(7-15-12(8)13(16)17)9-3-2-4-11(14)6-9/h2-7H,1H3,(H,16,17). The van der Waals surface area contributed by atoms with Crippen LogP contribution in [0.2, 0.25) is 5.02 Å². The van der Waals surface area contributed by atoms with Gasteiger partial charge in [-0.25, -0.2) is 9.78 Å². The summed E-state index contributed by atoms with van der Waals surface area (Å²) in [5.74, 6) is -1.01. The molecule has 0 fully saturated rings. The molecular weight excluding hydrogens is 238 g/mol. The molecule has 0 saturated heterocycles. The summed E-state index contributed by atoms with van der Waals surface area (Å²) in [5, 5.41) is 9.53. The second-order valence-corrected chi connectivity index (χ2v) is 4.14. The first-order valence-electron chi connectivity index (χ1n) is 5.04. The highest BCUT2D eigenvalue weighted by molar-refractivity contribution is 6.30. The first-order valence-corrected chi connectivity index (χ1v) is 5.41. The molecule has 3 nitrogen and oxygen atoms in total. The molecule has 1 aromatic heterocycles. The lowest BCUT2D eigenvalue weighted by atomic mass is 10.1. The number of aromatic carboxylic acids is 1. The smallest absolute Gasteiger partial charge is 0.354 e. The molecule has 0 saturated carbocycles. The molecule has 1 heterocycles. The Labute approximate surface area is 104 Å². The Hall–Kier alpha value is -1.87. The van der Waals surface area contributed by atoms with E-state index in [-0.39, 0.29) is 5.69 Å². The van der Waals surface area contributed by atoms with Crippen molar-refractivity contribution < 1.29 is 9.90 Å². The Bertz CT molecular complexity index is 581. The van der Waals surface area contributed by atoms with Gasteiger partial charge in [-0.1, -0.05) is 23.7 Å². The third-order valence-electron chi connectivity index (χ3n) is 2.44. The Morgan fingerprint density at radius 2 is 2.06 bits per heavy atom. The molecule has 2 aromatic rings. The predicted octanol–water partition coefficient (Wildman–Crippen LogP) is 3.41. The molecule has 17 heavy (non-hydrogen) atoms. The number of rotatable bonds is 2. The number of carboxylic acid groups (broad SMARTS) is 1. The Morgan fingerprint density at radius 1 is 1.29 bits per heavy atom. The van der Waals surface area contributed by atoms with Crippen LogP contribution in [-0.4, -0.2) is 16.1 Å². The van der Waals surface area contributed by atoms with Crippen molar-refractivity contribution in [2.24, 2.45) is 0 Å². The summed E-state index contributed by atoms with van der Waals surface area (Å²) in [6.45, 7) is 1.73. The third kappa shape index (κ3) is 2.45. The van der Waals surface area contributed by atoms with Crippen molar-refractivity contribution in [2.45, 2.75) is 6.92 Å². The van der Waals surface area contributed by atoms with Gasteiger partial charge in [-0.05, 0) is 36.2 Å². The van der Waals surface area contributed by atoms with Crippen molar-refractivity contribution in [2.75, 3.05) is 0 Å². The maximum Gasteiger partial charge on any atom is 0.354 e. The van der Waals surface area contributed by atoms with Crippen LogP contribution in [0.4, 0.5) is 0 Å². The normalized spacial score (nSPS) is 10.2. The zero-order valence-electron chi connectivity index (χ0n) is 9.14. The lowest BCUT2D eigenvalue weighted by Gasteiger charge is -2.05. The van der Waals surface area contributed by atoms with E-state index in [1.165, 1.54) is 0 Å². The van der Waals surface area contributed by atoms with Gasteiger partial charge < -0.3 is 5.11 Å². The third-order valence-corrected chi connectivity index (χ3v) is 2.67. The largest absolute Gasteiger partial charge is 0.477 e. The fourth-order valence-electron chi connectivity index (χ4n) is 1.62. The zero-order chi connectivity index (χ0) is 12.4. The molecule has 1 N–H and O–H groups in total. The van der Waals surface area contributed by atoms with Crippen LogP contribution in [0.25, 0.3) is 11.1 Å². The molecule has 0 aliphatic rings. The van der Waals surface area contributed by atoms with Crippen LogP contribution in [0.5, 0.6) is 0 Å². The molecule has 0 atom stereocenters. The van der Waals surface area contributed by atoms with Crippen LogP contribution in [0.1, 0.15) is 16.1 Å². The topological polar surface area (TPSA) is 50.2 Å². The number of hydrogen-bond donors (Lipinski definition) is 1. The summed E-state index contributed by atoms with van der Waals surface area (Å²) in [5.41, 5.74) is 2.49. The Morgan fingerprint density at radius 3 is 2.65 bits per heavy atom. The van der Waals surface area contributed by atoms with E-state index in [9.17, 15) is 4.79 Å². The zero-order valence-corrected chi connectivity index (χ0v) is 9.90. The van der Waals surface area contributed by atoms with E-state index in [1.807, 2.05) is 18.2 Å². The van der Waals surface area contributed by atoms with Gasteiger partial charge >= 0.3 is 5.97 Å². The van der Waals surface area contributed by atoms with E-state index in [4.69, 9.17) is 16.7 Å². The van der Waals surface area contributed by atoms with Gasteiger partial charge in [0.2, 0.25) is 0 Å². The lowest BCUT2D eigenvalue weighted by Crippen LogP contribution is -2.03. The molecule has 86 valence electrons. The number of hydrogen-bond acceptors (Lipinski definition) is 2. The van der Waals surface area contributed by atoms with Gasteiger partial charge in [0.15, 0.2) is 5.69 Å². The van der Waals surface area contributed by atoms with Crippen LogP contribution < -0.4 is 0 Å². The number of pyridine rings is 1. The predicted molar refractivity (Wildman–Crippen MR) is 66.4 cm³/mol. The SMILES string of the molecule is Cc1cc(-c2cccc(Cl)c2)cnc1C(=O)O. The van der Waals surface area contributed by atoms with Gasteiger partial charge in [0.05, 0.1) is 0 Å². The van der Waals surface area contributed by atoms with Crippen molar-refractivity contribution >= 4 is 17.6 Å². The molecule has 0 spiro atoms. The van der Waals surface area contributed by atoms with E-state index >= 15 is 0 Å². The highest BCUT2D eigenvalue weighted by Crippen LogP contribution is 2.23. The minimum atomic E-state index is -1.01. The van der Waals surface area contributed by atoms with Crippen molar-refractivity contribution in [3.05, 3.63) is 52.8 Å². The monoisotopic (exact) mass is 247 g/mol. The van der Waals surface area contributed by atoms with E-state index < -0.39 is 5.97 Å². The first-order chi connectivity index (χ1) is 8.08. The summed E-state index contributed by atoms with van der Waals surface area (Å²) >= 11 is 5.90. The average molecular weight is 248 g/mol. The van der Waals surface area contributed by atoms with Crippen molar-refractivity contribution in [3.63, 3.8) is 0 Å². The molecule has 4 heteroatoms. The van der Waals surface area contributed by atoms with Crippen LogP contribution in [0.3, 0.4) is 0 Å². The number of benzene rings is 1. The average Bonchev–Trinajstić information content (AvgIpc) is 2.28. The van der Waals surface area contributed by atoms with E-state index in [0.29, 0.717) is 10.6 Å². The maximum atomic E-state index is 10.8. The van der Waals surface area contributed by atoms with Gasteiger partial charge in [0, 0.05) is 16.8 Å². The molecule has 0 amide bonds. The van der Waals surface area contributed by atoms with Crippen LogP contribution >= 0.6 is 11.6 Å². The Kier molecular flexibility index (Phi) is 3.11. The quantitative estimate of drug-likeness (QED) is 0.885. The number of halogens is 1. The molecule has 1 aromatic carbocycles. The Balaban J connectivity index is 2.48. The summed E-state index contributed by atoms with van der Waals surface area (Å²) in [7, 11) is 0. The lowest BCUT2D eigenvalue weighted by molar-refractivity contribution is 0.0689. The van der Waals surface area contributed by atoms with E-state index in [1.54, 1.807) is 25.3 Å². The molecule has 0 radical (unpaired) electrons. The van der Waals surface area contributed by atoms with Crippen molar-refractivity contribution in [1.82, 2.24) is 4.98 Å². The van der Waals surface area contributed by atoms with E-state index in [2.05, 4.69) is 4.98 Å². The fraction of sp³-hybridized carbons (Fsp3) is 0.0769. The van der Waals surface area contributed by atoms with Gasteiger partial charge in [-0.3, -0.25) is 0 Å². The molecule has 0 unspecified atom stereocenters. The second kappa shape index (κ2) is 4.55. The van der Waals surface area contributed by atoms with Gasteiger partial charge in [-0.2, -0.15) is 0 Å². The van der Waals surface area contributed by atoms with Gasteiger partial charge in [0.1, 0.15) is 0 Å². The molecule has 0 bridgehead atoms. The van der Waals surface area contributed by atoms with Crippen LogP contribution in [-0.2, 0) is 0 Å². The van der Waals surface area contributed by atoms with Crippen LogP contribution in [0.15, 0.2) is 36.5 Å². The maximum absolute atomic E-state index is 10.8. The molecule has 2 rings (SSSR count). The number of carbonyl (C=O) groups is 1. The number of nitrogens with zero attached hydrogens (tertiary/aromatic N) is 1. The number of aryl methyl sites for hydroxylation is 1. The minimum Gasteiger partial charge on any atom is -0.477 e. The fourth-order valence-corrected chi connectivity index (χ4v) is 1.81. The molecule has 0 aliphatic carbocycles. The van der Waals surface area contributed by atoms with E-state index in [0.717, 1.165) is 11.1 Å². The number of aromatic nitrogens is 1. The summed E-state index contributed by atoms with van der Waals surface area (Å²) in [6.07, 6.45) is 1.54.